The van der Waals surface area contributed by atoms with Crippen LogP contribution in [0.25, 0.3) is 5.57 Å². The number of anilines is 1. The van der Waals surface area contributed by atoms with Crippen LogP contribution in [-0.4, -0.2) is 40.2 Å². The fraction of sp³-hybridized carbons (Fsp3) is 0.440. The molecular weight excluding hydrogens is 431 g/mol. The zero-order chi connectivity index (χ0) is 23.8. The van der Waals surface area contributed by atoms with E-state index in [4.69, 9.17) is 15.6 Å². The van der Waals surface area contributed by atoms with Crippen molar-refractivity contribution < 1.29 is 23.1 Å². The lowest BCUT2D eigenvalue weighted by molar-refractivity contribution is -0.192. The number of aromatic nitrogens is 1. The maximum atomic E-state index is 10.6. The van der Waals surface area contributed by atoms with Crippen molar-refractivity contribution in [2.45, 2.75) is 57.2 Å². The van der Waals surface area contributed by atoms with E-state index in [-0.39, 0.29) is 0 Å². The molecule has 1 aromatic heterocycles. The van der Waals surface area contributed by atoms with E-state index in [1.54, 1.807) is 0 Å². The Bertz CT molecular complexity index is 953. The highest BCUT2D eigenvalue weighted by Gasteiger charge is 2.38. The van der Waals surface area contributed by atoms with Crippen molar-refractivity contribution >= 4 is 17.2 Å². The number of nitrogen functional groups attached to an aromatic ring is 1. The fourth-order valence-electron chi connectivity index (χ4n) is 4.33. The summed E-state index contributed by atoms with van der Waals surface area (Å²) in [6.07, 6.45) is 6.62. The van der Waals surface area contributed by atoms with Gasteiger partial charge in [0.2, 0.25) is 0 Å². The fourth-order valence-corrected chi connectivity index (χ4v) is 4.33. The lowest BCUT2D eigenvalue weighted by atomic mass is 9.85. The highest BCUT2D eigenvalue weighted by molar-refractivity contribution is 5.76. The number of alkyl halides is 3. The molecule has 33 heavy (non-hydrogen) atoms. The first-order chi connectivity index (χ1) is 15.7. The average molecular weight is 462 g/mol. The minimum atomic E-state index is -5.08. The van der Waals surface area contributed by atoms with Gasteiger partial charge in [-0.05, 0) is 92.9 Å². The van der Waals surface area contributed by atoms with E-state index in [9.17, 15) is 13.2 Å². The number of hydrogen-bond donors (Lipinski definition) is 2. The second-order valence-electron chi connectivity index (χ2n) is 8.50. The number of rotatable bonds is 4. The normalized spacial score (nSPS) is 17.6. The van der Waals surface area contributed by atoms with Gasteiger partial charge in [-0.2, -0.15) is 13.2 Å². The van der Waals surface area contributed by atoms with Crippen molar-refractivity contribution in [1.29, 1.82) is 0 Å². The van der Waals surface area contributed by atoms with Crippen LogP contribution in [-0.2, 0) is 11.3 Å². The van der Waals surface area contributed by atoms with Crippen molar-refractivity contribution in [3.8, 4) is 0 Å². The summed E-state index contributed by atoms with van der Waals surface area (Å²) in [7, 11) is 0. The van der Waals surface area contributed by atoms with Gasteiger partial charge in [-0.25, -0.2) is 4.79 Å². The van der Waals surface area contributed by atoms with E-state index >= 15 is 0 Å². The molecule has 178 valence electrons. The summed E-state index contributed by atoms with van der Waals surface area (Å²) in [5.41, 5.74) is 12.6. The Labute approximate surface area is 192 Å². The molecule has 1 fully saturated rings. The molecule has 1 aliphatic carbocycles. The van der Waals surface area contributed by atoms with E-state index in [2.05, 4.69) is 46.3 Å². The Balaban J connectivity index is 0.000000383. The van der Waals surface area contributed by atoms with E-state index in [1.165, 1.54) is 60.9 Å². The SMILES string of the molecule is Nc1ccc(C2CCN(Cc3ccccn3)CC2)cc1C1=CCCCC1.O=C(O)C(F)(F)F. The number of pyridine rings is 1. The van der Waals surface area contributed by atoms with Gasteiger partial charge in [0.15, 0.2) is 0 Å². The van der Waals surface area contributed by atoms with E-state index < -0.39 is 12.1 Å². The summed E-state index contributed by atoms with van der Waals surface area (Å²) in [6.45, 7) is 3.25. The zero-order valence-corrected chi connectivity index (χ0v) is 18.5. The van der Waals surface area contributed by atoms with Crippen LogP contribution in [0.1, 0.15) is 61.3 Å². The summed E-state index contributed by atoms with van der Waals surface area (Å²) < 4.78 is 31.7. The quantitative estimate of drug-likeness (QED) is 0.577. The van der Waals surface area contributed by atoms with Gasteiger partial charge in [-0.3, -0.25) is 9.88 Å². The molecule has 0 saturated carbocycles. The molecule has 0 amide bonds. The molecule has 1 aliphatic heterocycles. The summed E-state index contributed by atoms with van der Waals surface area (Å²) in [5.74, 6) is -2.11. The number of allylic oxidation sites excluding steroid dienone is 2. The highest BCUT2D eigenvalue weighted by Crippen LogP contribution is 2.35. The van der Waals surface area contributed by atoms with Crippen LogP contribution in [0.2, 0.25) is 0 Å². The van der Waals surface area contributed by atoms with Crippen LogP contribution in [0.5, 0.6) is 0 Å². The van der Waals surface area contributed by atoms with Crippen LogP contribution >= 0.6 is 0 Å². The Morgan fingerprint density at radius 1 is 1.15 bits per heavy atom. The summed E-state index contributed by atoms with van der Waals surface area (Å²) >= 11 is 0. The summed E-state index contributed by atoms with van der Waals surface area (Å²) in [5, 5.41) is 7.12. The van der Waals surface area contributed by atoms with Gasteiger partial charge in [-0.15, -0.1) is 0 Å². The molecule has 0 radical (unpaired) electrons. The second kappa shape index (κ2) is 11.3. The number of aliphatic carboxylic acids is 1. The monoisotopic (exact) mass is 461 g/mol. The van der Waals surface area contributed by atoms with Crippen LogP contribution in [0.3, 0.4) is 0 Å². The minimum absolute atomic E-state index is 0.651. The number of carboxylic acids is 1. The lowest BCUT2D eigenvalue weighted by Crippen LogP contribution is -2.32. The van der Waals surface area contributed by atoms with Crippen molar-refractivity contribution in [3.05, 3.63) is 65.5 Å². The van der Waals surface area contributed by atoms with Crippen LogP contribution in [0.4, 0.5) is 18.9 Å². The molecule has 4 rings (SSSR count). The maximum absolute atomic E-state index is 10.6. The zero-order valence-electron chi connectivity index (χ0n) is 18.5. The lowest BCUT2D eigenvalue weighted by Gasteiger charge is -2.32. The number of nitrogens with zero attached hydrogens (tertiary/aromatic N) is 2. The molecule has 1 aromatic carbocycles. The molecular formula is C25H30F3N3O2. The van der Waals surface area contributed by atoms with Gasteiger partial charge in [0.25, 0.3) is 0 Å². The van der Waals surface area contributed by atoms with Gasteiger partial charge in [0.05, 0.1) is 5.69 Å². The number of piperidine rings is 1. The van der Waals surface area contributed by atoms with Crippen molar-refractivity contribution in [2.24, 2.45) is 0 Å². The number of hydrogen-bond acceptors (Lipinski definition) is 4. The summed E-state index contributed by atoms with van der Waals surface area (Å²) in [4.78, 5) is 15.9. The third kappa shape index (κ3) is 7.32. The van der Waals surface area contributed by atoms with E-state index in [1.807, 2.05) is 12.3 Å². The van der Waals surface area contributed by atoms with Crippen molar-refractivity contribution in [3.63, 3.8) is 0 Å². The standard InChI is InChI=1S/C23H29N3.C2HF3O2/c24-23-10-9-20(16-22(23)19-6-2-1-3-7-19)18-11-14-26(15-12-18)17-21-8-4-5-13-25-21;3-2(4,5)1(6)7/h4-6,8-10,13,16,18H,1-3,7,11-12,14-15,17,24H2;(H,6,7). The number of carbonyl (C=O) groups is 1. The first-order valence-corrected chi connectivity index (χ1v) is 11.2. The molecule has 2 heterocycles. The molecule has 5 nitrogen and oxygen atoms in total. The maximum Gasteiger partial charge on any atom is 0.490 e. The van der Waals surface area contributed by atoms with Crippen molar-refractivity contribution in [2.75, 3.05) is 18.8 Å². The Hall–Kier alpha value is -2.87. The predicted octanol–water partition coefficient (Wildman–Crippen LogP) is 5.63. The minimum Gasteiger partial charge on any atom is -0.475 e. The predicted molar refractivity (Wildman–Crippen MR) is 122 cm³/mol. The Morgan fingerprint density at radius 3 is 2.45 bits per heavy atom. The van der Waals surface area contributed by atoms with Gasteiger partial charge in [-0.1, -0.05) is 18.2 Å². The Kier molecular flexibility index (Phi) is 8.49. The summed E-state index contributed by atoms with van der Waals surface area (Å²) in [6, 6.07) is 12.9. The van der Waals surface area contributed by atoms with Crippen LogP contribution in [0.15, 0.2) is 48.7 Å². The number of carboxylic acid groups (broad SMARTS) is 1. The van der Waals surface area contributed by atoms with E-state index in [0.717, 1.165) is 25.3 Å². The topological polar surface area (TPSA) is 79.5 Å². The third-order valence-electron chi connectivity index (χ3n) is 6.13. The molecule has 0 unspecified atom stereocenters. The molecule has 2 aromatic rings. The first-order valence-electron chi connectivity index (χ1n) is 11.2. The number of halogens is 3. The molecule has 3 N–H and O–H groups in total. The number of benzene rings is 1. The second-order valence-corrected chi connectivity index (χ2v) is 8.50. The van der Waals surface area contributed by atoms with Gasteiger partial charge in [0, 0.05) is 24.0 Å². The van der Waals surface area contributed by atoms with Crippen LogP contribution in [0, 0.1) is 0 Å². The van der Waals surface area contributed by atoms with Crippen molar-refractivity contribution in [1.82, 2.24) is 9.88 Å². The highest BCUT2D eigenvalue weighted by atomic mass is 19.4. The third-order valence-corrected chi connectivity index (χ3v) is 6.13. The first kappa shape index (κ1) is 24.8. The number of nitrogens with two attached hydrogens (primary N) is 1. The van der Waals surface area contributed by atoms with E-state index in [0.29, 0.717) is 5.92 Å². The molecule has 0 atom stereocenters. The Morgan fingerprint density at radius 2 is 1.88 bits per heavy atom. The smallest absolute Gasteiger partial charge is 0.475 e. The molecule has 1 saturated heterocycles. The largest absolute Gasteiger partial charge is 0.490 e. The molecule has 2 aliphatic rings. The van der Waals surface area contributed by atoms with Crippen LogP contribution < -0.4 is 5.73 Å². The molecule has 0 spiro atoms. The van der Waals surface area contributed by atoms with Gasteiger partial charge in [0.1, 0.15) is 0 Å². The molecule has 8 heteroatoms. The molecule has 0 bridgehead atoms. The van der Waals surface area contributed by atoms with Gasteiger partial charge >= 0.3 is 12.1 Å². The van der Waals surface area contributed by atoms with Gasteiger partial charge < -0.3 is 10.8 Å². The average Bonchev–Trinajstić information content (AvgIpc) is 2.81. The number of likely N-dealkylation sites (tertiary alicyclic amines) is 1.